The zero-order chi connectivity index (χ0) is 31.2. The lowest BCUT2D eigenvalue weighted by Gasteiger charge is -2.27. The monoisotopic (exact) mass is 601 g/mol. The minimum atomic E-state index is -0.739. The summed E-state index contributed by atoms with van der Waals surface area (Å²) in [6.45, 7) is 8.70. The standard InChI is InChI=1S/C30H35N9O5/c1-3-38-26(17-20(2)35-38)29(41)34-30-33-24-8-6-7-22(19-36-13-15-44-16-14-36)27(24)37(30)12-5-4-11-32-23-10-9-21(28(31)40)18-25(23)39(42)43/h4-10,17-18,32H,3,11-16,19H2,1-2H3,(H2,31,40)(H,33,34,41)/b5-4+. The average Bonchev–Trinajstić information content (AvgIpc) is 3.57. The van der Waals surface area contributed by atoms with Gasteiger partial charge in [0.25, 0.3) is 11.6 Å². The number of anilines is 2. The number of primary amides is 1. The van der Waals surface area contributed by atoms with E-state index in [-0.39, 0.29) is 29.4 Å². The molecule has 3 heterocycles. The summed E-state index contributed by atoms with van der Waals surface area (Å²) >= 11 is 0. The highest BCUT2D eigenvalue weighted by Gasteiger charge is 2.21. The van der Waals surface area contributed by atoms with Crippen LogP contribution in [-0.2, 0) is 24.4 Å². The first-order chi connectivity index (χ1) is 21.2. The fourth-order valence-electron chi connectivity index (χ4n) is 5.21. The first kappa shape index (κ1) is 30.4. The molecule has 0 radical (unpaired) electrons. The molecule has 1 aliphatic heterocycles. The van der Waals surface area contributed by atoms with E-state index < -0.39 is 10.8 Å². The minimum Gasteiger partial charge on any atom is -0.379 e. The highest BCUT2D eigenvalue weighted by Crippen LogP contribution is 2.27. The van der Waals surface area contributed by atoms with Gasteiger partial charge in [0.2, 0.25) is 11.9 Å². The number of carbonyl (C=O) groups excluding carboxylic acids is 2. The molecule has 0 bridgehead atoms. The topological polar surface area (TPSA) is 175 Å². The fraction of sp³-hybridized carbons (Fsp3) is 0.333. The molecule has 0 aliphatic carbocycles. The van der Waals surface area contributed by atoms with Crippen molar-refractivity contribution < 1.29 is 19.2 Å². The van der Waals surface area contributed by atoms with Crippen molar-refractivity contribution in [3.8, 4) is 0 Å². The first-order valence-electron chi connectivity index (χ1n) is 14.4. The molecule has 14 heteroatoms. The molecule has 230 valence electrons. The number of hydrogen-bond donors (Lipinski definition) is 3. The maximum Gasteiger partial charge on any atom is 0.293 e. The van der Waals surface area contributed by atoms with E-state index in [1.54, 1.807) is 10.7 Å². The Morgan fingerprint density at radius 3 is 2.68 bits per heavy atom. The quantitative estimate of drug-likeness (QED) is 0.125. The molecular formula is C30H35N9O5. The smallest absolute Gasteiger partial charge is 0.293 e. The summed E-state index contributed by atoms with van der Waals surface area (Å²) in [5, 5.41) is 22.0. The molecule has 44 heavy (non-hydrogen) atoms. The third-order valence-electron chi connectivity index (χ3n) is 7.35. The van der Waals surface area contributed by atoms with Crippen molar-refractivity contribution in [1.29, 1.82) is 0 Å². The number of allylic oxidation sites excluding steroid dienone is 1. The number of nitro benzene ring substituents is 1. The maximum absolute atomic E-state index is 13.4. The molecule has 0 spiro atoms. The first-order valence-corrected chi connectivity index (χ1v) is 14.4. The van der Waals surface area contributed by atoms with E-state index in [1.165, 1.54) is 12.1 Å². The van der Waals surface area contributed by atoms with Gasteiger partial charge in [-0.15, -0.1) is 0 Å². The predicted molar refractivity (Wildman–Crippen MR) is 166 cm³/mol. The molecule has 2 amide bonds. The van der Waals surface area contributed by atoms with Crippen LogP contribution in [0.25, 0.3) is 11.0 Å². The Hall–Kier alpha value is -5.08. The highest BCUT2D eigenvalue weighted by atomic mass is 16.6. The molecule has 1 aliphatic rings. The number of nitrogens with one attached hydrogen (secondary N) is 2. The number of fused-ring (bicyclic) bond motifs is 1. The maximum atomic E-state index is 13.4. The lowest BCUT2D eigenvalue weighted by molar-refractivity contribution is -0.384. The molecule has 0 atom stereocenters. The number of nitrogens with two attached hydrogens (primary N) is 1. The number of aromatic nitrogens is 4. The summed E-state index contributed by atoms with van der Waals surface area (Å²) in [6, 6.07) is 11.8. The predicted octanol–water partition coefficient (Wildman–Crippen LogP) is 3.32. The van der Waals surface area contributed by atoms with Crippen LogP contribution in [0.1, 0.15) is 39.0 Å². The van der Waals surface area contributed by atoms with Crippen LogP contribution in [0.5, 0.6) is 0 Å². The van der Waals surface area contributed by atoms with Crippen molar-refractivity contribution in [3.63, 3.8) is 0 Å². The number of imidazole rings is 1. The molecule has 2 aromatic heterocycles. The molecule has 1 fully saturated rings. The number of morpholine rings is 1. The van der Waals surface area contributed by atoms with Crippen LogP contribution < -0.4 is 16.4 Å². The van der Waals surface area contributed by atoms with Crippen molar-refractivity contribution >= 4 is 40.2 Å². The molecular weight excluding hydrogens is 566 g/mol. The van der Waals surface area contributed by atoms with Crippen molar-refractivity contribution in [2.24, 2.45) is 5.73 Å². The molecule has 1 saturated heterocycles. The number of benzene rings is 2. The van der Waals surface area contributed by atoms with Crippen molar-refractivity contribution in [3.05, 3.63) is 87.2 Å². The number of nitro groups is 1. The van der Waals surface area contributed by atoms with Crippen molar-refractivity contribution in [2.45, 2.75) is 33.5 Å². The van der Waals surface area contributed by atoms with Gasteiger partial charge in [-0.25, -0.2) is 4.98 Å². The van der Waals surface area contributed by atoms with Gasteiger partial charge < -0.3 is 20.4 Å². The van der Waals surface area contributed by atoms with Crippen molar-refractivity contribution in [1.82, 2.24) is 24.2 Å². The van der Waals surface area contributed by atoms with Gasteiger partial charge in [0.05, 0.1) is 34.9 Å². The van der Waals surface area contributed by atoms with Crippen LogP contribution in [0.4, 0.5) is 17.3 Å². The number of ether oxygens (including phenoxy) is 1. The molecule has 4 aromatic rings. The molecule has 0 unspecified atom stereocenters. The van der Waals surface area contributed by atoms with Crippen molar-refractivity contribution in [2.75, 3.05) is 43.5 Å². The van der Waals surface area contributed by atoms with Gasteiger partial charge in [0.1, 0.15) is 11.4 Å². The fourth-order valence-corrected chi connectivity index (χ4v) is 5.21. The SMILES string of the molecule is CCn1nc(C)cc1C(=O)Nc1nc2cccc(CN3CCOCC3)c2n1C/C=C/CNc1ccc(C(N)=O)cc1[N+](=O)[O-]. The van der Waals surface area contributed by atoms with Crippen LogP contribution in [0, 0.1) is 17.0 Å². The number of aryl methyl sites for hydroxylation is 2. The normalized spacial score (nSPS) is 13.9. The van der Waals surface area contributed by atoms with Gasteiger partial charge in [-0.2, -0.15) is 5.10 Å². The summed E-state index contributed by atoms with van der Waals surface area (Å²) in [5.41, 5.74) is 9.28. The third-order valence-corrected chi connectivity index (χ3v) is 7.35. The Bertz CT molecular complexity index is 1720. The summed E-state index contributed by atoms with van der Waals surface area (Å²) in [5.74, 6) is -0.649. The number of hydrogen-bond acceptors (Lipinski definition) is 9. The van der Waals surface area contributed by atoms with Gasteiger partial charge in [-0.1, -0.05) is 24.3 Å². The summed E-state index contributed by atoms with van der Waals surface area (Å²) in [6.07, 6.45) is 3.74. The Labute approximate surface area is 253 Å². The number of para-hydroxylation sites is 1. The third kappa shape index (κ3) is 6.76. The highest BCUT2D eigenvalue weighted by molar-refractivity contribution is 6.03. The number of rotatable bonds is 12. The van der Waals surface area contributed by atoms with E-state index in [0.29, 0.717) is 44.5 Å². The Balaban J connectivity index is 1.41. The zero-order valence-corrected chi connectivity index (χ0v) is 24.7. The van der Waals surface area contributed by atoms with E-state index >= 15 is 0 Å². The van der Waals surface area contributed by atoms with Crippen LogP contribution in [-0.4, -0.2) is 73.8 Å². The molecule has 0 saturated carbocycles. The van der Waals surface area contributed by atoms with Gasteiger partial charge in [-0.05, 0) is 43.7 Å². The Morgan fingerprint density at radius 2 is 1.95 bits per heavy atom. The molecule has 14 nitrogen and oxygen atoms in total. The van der Waals surface area contributed by atoms with Crippen LogP contribution in [0.3, 0.4) is 0 Å². The molecule has 4 N–H and O–H groups in total. The summed E-state index contributed by atoms with van der Waals surface area (Å²) < 4.78 is 9.13. The van der Waals surface area contributed by atoms with Crippen LogP contribution in [0.2, 0.25) is 0 Å². The van der Waals surface area contributed by atoms with Gasteiger partial charge >= 0.3 is 0 Å². The molecule has 5 rings (SSSR count). The van der Waals surface area contributed by atoms with Gasteiger partial charge in [0.15, 0.2) is 0 Å². The second kappa shape index (κ2) is 13.5. The van der Waals surface area contributed by atoms with E-state index in [4.69, 9.17) is 15.5 Å². The zero-order valence-electron chi connectivity index (χ0n) is 24.7. The van der Waals surface area contributed by atoms with Crippen LogP contribution in [0.15, 0.2) is 54.6 Å². The largest absolute Gasteiger partial charge is 0.379 e. The van der Waals surface area contributed by atoms with Crippen LogP contribution >= 0.6 is 0 Å². The second-order valence-electron chi connectivity index (χ2n) is 10.4. The number of nitrogens with zero attached hydrogens (tertiary/aromatic N) is 6. The second-order valence-corrected chi connectivity index (χ2v) is 10.4. The van der Waals surface area contributed by atoms with E-state index in [0.717, 1.165) is 41.4 Å². The molecule has 2 aromatic carbocycles. The lowest BCUT2D eigenvalue weighted by atomic mass is 10.1. The summed E-state index contributed by atoms with van der Waals surface area (Å²) in [4.78, 5) is 42.9. The van der Waals surface area contributed by atoms with Gasteiger partial charge in [-0.3, -0.25) is 34.6 Å². The van der Waals surface area contributed by atoms with Gasteiger partial charge in [0, 0.05) is 50.9 Å². The average molecular weight is 602 g/mol. The summed E-state index contributed by atoms with van der Waals surface area (Å²) in [7, 11) is 0. The van der Waals surface area contributed by atoms with E-state index in [2.05, 4.69) is 26.7 Å². The number of carbonyl (C=O) groups is 2. The van der Waals surface area contributed by atoms with E-state index in [9.17, 15) is 19.7 Å². The lowest BCUT2D eigenvalue weighted by Crippen LogP contribution is -2.35. The Morgan fingerprint density at radius 1 is 1.16 bits per heavy atom. The Kier molecular flexibility index (Phi) is 9.31. The van der Waals surface area contributed by atoms with E-state index in [1.807, 2.05) is 42.7 Å². The minimum absolute atomic E-state index is 0.0596. The number of amides is 2.